The first-order valence-electron chi connectivity index (χ1n) is 3.86. The minimum atomic E-state index is 0.194. The van der Waals surface area contributed by atoms with Gasteiger partial charge in [-0.25, -0.2) is 0 Å². The topological polar surface area (TPSA) is 53.7 Å². The highest BCUT2D eigenvalue weighted by Gasteiger charge is 1.59. The molecule has 0 unspecified atom stereocenters. The summed E-state index contributed by atoms with van der Waals surface area (Å²) in [6, 6.07) is 0. The Morgan fingerprint density at radius 1 is 1.18 bits per heavy atom. The third-order valence-electron chi connectivity index (χ3n) is 0.642. The van der Waals surface area contributed by atoms with Gasteiger partial charge >= 0.3 is 0 Å². The van der Waals surface area contributed by atoms with Crippen molar-refractivity contribution in [2.75, 3.05) is 18.4 Å². The van der Waals surface area contributed by atoms with Gasteiger partial charge in [0.05, 0.1) is 11.9 Å². The number of alkyl halides is 2. The highest BCUT2D eigenvalue weighted by molar-refractivity contribution is 6.40. The van der Waals surface area contributed by atoms with Crippen LogP contribution in [0.4, 0.5) is 0 Å². The van der Waals surface area contributed by atoms with E-state index < -0.39 is 0 Å². The lowest BCUT2D eigenvalue weighted by atomic mass is 10.5. The summed E-state index contributed by atoms with van der Waals surface area (Å²) < 4.78 is 0. The summed E-state index contributed by atoms with van der Waals surface area (Å²) in [7, 11) is 0. The van der Waals surface area contributed by atoms with Gasteiger partial charge in [-0.2, -0.15) is 0 Å². The van der Waals surface area contributed by atoms with Gasteiger partial charge in [0.1, 0.15) is 0 Å². The first-order valence-corrected chi connectivity index (χ1v) is 4.93. The van der Waals surface area contributed by atoms with Crippen LogP contribution in [-0.4, -0.2) is 18.4 Å². The lowest BCUT2D eigenvalue weighted by molar-refractivity contribution is -0.367. The molecule has 2 nitrogen and oxygen atoms in total. The number of hydrogen-bond donors (Lipinski definition) is 2. The molecule has 0 rings (SSSR count). The van der Waals surface area contributed by atoms with Crippen molar-refractivity contribution in [1.82, 2.24) is 0 Å². The maximum atomic E-state index is 5.03. The zero-order chi connectivity index (χ0) is 9.54. The van der Waals surface area contributed by atoms with Crippen LogP contribution in [0, 0.1) is 0 Å². The number of rotatable bonds is 2. The van der Waals surface area contributed by atoms with Crippen molar-refractivity contribution in [3.05, 3.63) is 0 Å². The first kappa shape index (κ1) is 17.5. The molecule has 0 spiro atoms. The Morgan fingerprint density at radius 2 is 1.36 bits per heavy atom. The van der Waals surface area contributed by atoms with Crippen LogP contribution in [0.2, 0.25) is 0 Å². The van der Waals surface area contributed by atoms with Crippen molar-refractivity contribution in [1.29, 1.82) is 0 Å². The lowest BCUT2D eigenvalue weighted by Crippen LogP contribution is -2.49. The molecule has 11 heavy (non-hydrogen) atoms. The van der Waals surface area contributed by atoms with Gasteiger partial charge < -0.3 is 11.5 Å². The van der Waals surface area contributed by atoms with Crippen molar-refractivity contribution in [2.24, 2.45) is 5.73 Å². The van der Waals surface area contributed by atoms with E-state index in [-0.39, 0.29) is 5.34 Å². The number of halogens is 2. The van der Waals surface area contributed by atoms with Crippen LogP contribution in [0.15, 0.2) is 0 Å². The quantitative estimate of drug-likeness (QED) is 0.656. The molecule has 0 aromatic carbocycles. The van der Waals surface area contributed by atoms with Gasteiger partial charge in [0.15, 0.2) is 0 Å². The highest BCUT2D eigenvalue weighted by atomic mass is 35.5. The van der Waals surface area contributed by atoms with Crippen LogP contribution < -0.4 is 11.5 Å². The molecule has 0 heterocycles. The van der Waals surface area contributed by atoms with E-state index in [1.807, 2.05) is 0 Å². The van der Waals surface area contributed by atoms with E-state index in [1.54, 1.807) is 0 Å². The largest absolute Gasteiger partial charge is 0.358 e. The lowest BCUT2D eigenvalue weighted by Gasteiger charge is -1.70. The Labute approximate surface area is 80.2 Å². The second kappa shape index (κ2) is 31.3. The first-order chi connectivity index (χ1) is 5.24. The molecule has 0 aliphatic rings. The van der Waals surface area contributed by atoms with E-state index in [9.17, 15) is 0 Å². The van der Waals surface area contributed by atoms with Crippen molar-refractivity contribution in [3.8, 4) is 0 Å². The Morgan fingerprint density at radius 3 is 1.36 bits per heavy atom. The van der Waals surface area contributed by atoms with Gasteiger partial charge in [-0.3, -0.25) is 0 Å². The molecule has 0 aliphatic heterocycles. The van der Waals surface area contributed by atoms with Crippen LogP contribution in [0.5, 0.6) is 0 Å². The third kappa shape index (κ3) is 121. The normalized spacial score (nSPS) is 7.09. The molecular weight excluding hydrogens is 183 g/mol. The molecule has 0 bridgehead atoms. The van der Waals surface area contributed by atoms with Gasteiger partial charge in [0.2, 0.25) is 0 Å². The Hall–Kier alpha value is 0.500. The Bertz CT molecular complexity index is 29.6. The number of nitrogens with two attached hydrogens (primary N) is 1. The molecule has 0 atom stereocenters. The van der Waals surface area contributed by atoms with Crippen LogP contribution in [-0.2, 0) is 0 Å². The zero-order valence-electron chi connectivity index (χ0n) is 7.58. The summed E-state index contributed by atoms with van der Waals surface area (Å²) in [6.07, 6.45) is 2.31. The minimum absolute atomic E-state index is 0.194. The number of quaternary nitrogens is 1. The van der Waals surface area contributed by atoms with Gasteiger partial charge in [-0.15, -0.1) is 23.2 Å². The van der Waals surface area contributed by atoms with Crippen molar-refractivity contribution in [3.63, 3.8) is 0 Å². The fourth-order valence-electron chi connectivity index (χ4n) is 0. The van der Waals surface area contributed by atoms with Crippen LogP contribution in [0.25, 0.3) is 0 Å². The molecule has 0 amide bonds. The molecule has 0 aliphatic carbocycles. The molecular formula is C7H21Cl2N2+. The molecule has 0 fully saturated rings. The van der Waals surface area contributed by atoms with E-state index >= 15 is 0 Å². The van der Waals surface area contributed by atoms with Gasteiger partial charge in [0, 0.05) is 0 Å². The fraction of sp³-hybridized carbons (Fsp3) is 1.00. The van der Waals surface area contributed by atoms with Crippen molar-refractivity contribution >= 4 is 23.2 Å². The van der Waals surface area contributed by atoms with Crippen molar-refractivity contribution < 1.29 is 5.73 Å². The standard InChI is InChI=1S/2C3H9N.CH2Cl2/c2*1-2-3-4;2-1-3/h2*2-4H2,1H3;1H2/p+1. The summed E-state index contributed by atoms with van der Waals surface area (Å²) in [5.41, 5.74) is 8.63. The smallest absolute Gasteiger partial charge is 0.0967 e. The van der Waals surface area contributed by atoms with Crippen molar-refractivity contribution in [2.45, 2.75) is 26.7 Å². The van der Waals surface area contributed by atoms with Crippen LogP contribution in [0.1, 0.15) is 26.7 Å². The molecule has 5 N–H and O–H groups in total. The fourth-order valence-corrected chi connectivity index (χ4v) is 0. The van der Waals surface area contributed by atoms with Gasteiger partial charge in [-0.1, -0.05) is 13.8 Å². The second-order valence-corrected chi connectivity index (χ2v) is 2.55. The van der Waals surface area contributed by atoms with E-state index in [0.29, 0.717) is 0 Å². The Balaban J connectivity index is -0.0000000886. The van der Waals surface area contributed by atoms with E-state index in [1.165, 1.54) is 6.42 Å². The van der Waals surface area contributed by atoms with Crippen LogP contribution >= 0.6 is 23.2 Å². The second-order valence-electron chi connectivity index (χ2n) is 1.74. The van der Waals surface area contributed by atoms with E-state index in [0.717, 1.165) is 19.5 Å². The molecule has 0 saturated carbocycles. The van der Waals surface area contributed by atoms with E-state index in [4.69, 9.17) is 28.9 Å². The Kier molecular flexibility index (Phi) is 50.0. The summed E-state index contributed by atoms with van der Waals surface area (Å²) in [4.78, 5) is 0. The zero-order valence-corrected chi connectivity index (χ0v) is 9.09. The summed E-state index contributed by atoms with van der Waals surface area (Å²) in [6.45, 7) is 6.06. The predicted molar refractivity (Wildman–Crippen MR) is 54.0 cm³/mol. The molecule has 0 aromatic rings. The summed E-state index contributed by atoms with van der Waals surface area (Å²) in [5.74, 6) is 0. The SMILES string of the molecule is CCCN.CCC[NH3+].ClCCl. The third-order valence-corrected chi connectivity index (χ3v) is 0.642. The summed E-state index contributed by atoms with van der Waals surface area (Å²) >= 11 is 9.53. The average Bonchev–Trinajstić information content (AvgIpc) is 2.06. The van der Waals surface area contributed by atoms with Crippen LogP contribution in [0.3, 0.4) is 0 Å². The minimum Gasteiger partial charge on any atom is -0.358 e. The highest BCUT2D eigenvalue weighted by Crippen LogP contribution is 1.73. The molecule has 72 valence electrons. The van der Waals surface area contributed by atoms with E-state index in [2.05, 4.69) is 19.6 Å². The maximum absolute atomic E-state index is 5.03. The molecule has 0 aromatic heterocycles. The monoisotopic (exact) mass is 203 g/mol. The summed E-state index contributed by atoms with van der Waals surface area (Å²) in [5, 5.41) is 0.194. The van der Waals surface area contributed by atoms with Gasteiger partial charge in [0.25, 0.3) is 0 Å². The molecule has 0 radical (unpaired) electrons. The van der Waals surface area contributed by atoms with Gasteiger partial charge in [-0.05, 0) is 19.4 Å². The number of hydrogen-bond acceptors (Lipinski definition) is 1. The maximum Gasteiger partial charge on any atom is 0.0967 e. The molecule has 4 heteroatoms. The predicted octanol–water partition coefficient (Wildman–Crippen LogP) is 1.41. The molecule has 0 saturated heterocycles. The average molecular weight is 204 g/mol.